The summed E-state index contributed by atoms with van der Waals surface area (Å²) in [5.74, 6) is -6.14. The van der Waals surface area contributed by atoms with E-state index >= 15 is 0 Å². The summed E-state index contributed by atoms with van der Waals surface area (Å²) in [4.78, 5) is 38.6. The topological polar surface area (TPSA) is 373 Å². The van der Waals surface area contributed by atoms with E-state index in [0.717, 1.165) is 51.9 Å². The first-order chi connectivity index (χ1) is 45.4. The predicted octanol–water partition coefficient (Wildman–Crippen LogP) is 7.62. The molecule has 0 aromatic heterocycles. The van der Waals surface area contributed by atoms with Gasteiger partial charge in [-0.05, 0) is 44.9 Å². The number of aliphatic carboxylic acids is 1. The third-order valence-electron chi connectivity index (χ3n) is 18.6. The first kappa shape index (κ1) is 85.4. The van der Waals surface area contributed by atoms with Gasteiger partial charge < -0.3 is 100 Å². The van der Waals surface area contributed by atoms with Gasteiger partial charge in [-0.2, -0.15) is 0 Å². The Hall–Kier alpha value is -2.79. The smallest absolute Gasteiger partial charge is 0.364 e. The fourth-order valence-corrected chi connectivity index (χ4v) is 12.8. The minimum absolute atomic E-state index is 0.200. The second-order valence-corrected chi connectivity index (χ2v) is 26.8. The van der Waals surface area contributed by atoms with Gasteiger partial charge in [-0.15, -0.1) is 0 Å². The van der Waals surface area contributed by atoms with Crippen molar-refractivity contribution >= 4 is 17.8 Å². The van der Waals surface area contributed by atoms with Crippen molar-refractivity contribution in [3.05, 3.63) is 24.3 Å². The zero-order valence-corrected chi connectivity index (χ0v) is 57.6. The van der Waals surface area contributed by atoms with Crippen molar-refractivity contribution in [2.24, 2.45) is 0 Å². The van der Waals surface area contributed by atoms with E-state index in [0.29, 0.717) is 12.8 Å². The highest BCUT2D eigenvalue weighted by molar-refractivity contribution is 5.77. The van der Waals surface area contributed by atoms with Gasteiger partial charge in [-0.25, -0.2) is 4.79 Å². The molecule has 14 N–H and O–H groups in total. The van der Waals surface area contributed by atoms with Crippen molar-refractivity contribution in [1.29, 1.82) is 0 Å². The molecular formula is C71H130N2O21. The summed E-state index contributed by atoms with van der Waals surface area (Å²) in [5.41, 5.74) is 0. The first-order valence-electron chi connectivity index (χ1n) is 36.7. The molecule has 3 saturated heterocycles. The Labute approximate surface area is 562 Å². The lowest BCUT2D eigenvalue weighted by Crippen LogP contribution is -2.70. The van der Waals surface area contributed by atoms with E-state index in [2.05, 4.69) is 36.6 Å². The summed E-state index contributed by atoms with van der Waals surface area (Å²) in [5, 5.41) is 136. The quantitative estimate of drug-likeness (QED) is 0.0205. The van der Waals surface area contributed by atoms with Crippen LogP contribution in [-0.2, 0) is 42.8 Å². The summed E-state index contributed by atoms with van der Waals surface area (Å²) in [6.45, 7) is 2.14. The second-order valence-electron chi connectivity index (χ2n) is 26.8. The summed E-state index contributed by atoms with van der Waals surface area (Å²) in [6, 6.07) is -2.62. The monoisotopic (exact) mass is 1350 g/mol. The predicted molar refractivity (Wildman–Crippen MR) is 357 cm³/mol. The number of rotatable bonds is 56. The van der Waals surface area contributed by atoms with Gasteiger partial charge in [0.25, 0.3) is 5.79 Å². The summed E-state index contributed by atoms with van der Waals surface area (Å²) < 4.78 is 34.8. The van der Waals surface area contributed by atoms with Gasteiger partial charge in [0.2, 0.25) is 11.8 Å². The number of aliphatic hydroxyl groups excluding tert-OH is 11. The highest BCUT2D eigenvalue weighted by Crippen LogP contribution is 2.39. The number of ether oxygens (including phenoxy) is 6. The van der Waals surface area contributed by atoms with Gasteiger partial charge >= 0.3 is 5.97 Å². The largest absolute Gasteiger partial charge is 0.477 e. The standard InChI is InChI=1S/C71H130N2O21/c1-4-6-8-10-12-14-16-18-19-20-21-22-23-24-25-26-27-28-29-30-31-33-35-37-39-41-43-45-58(81)73-52(53(78)44-42-40-38-36-34-32-17-15-13-11-9-7-5-2)50-89-68-63(85)62(84)65(57(49-76)91-68)92-69-64(86)67(61(83)56(48-75)90-69)94-71(70(87)88)46-54(79)59(72-51(3)77)66(93-71)60(82)55(80)47-74/h24-25,42,44,52-57,59-69,74-76,78-80,82-86H,4-23,26-41,43,45-50H2,1-3H3,(H,72,77)(H,73,81)(H,87,88)/b25-24-,44-42+. The molecule has 18 atom stereocenters. The van der Waals surface area contributed by atoms with Crippen molar-refractivity contribution in [3.8, 4) is 0 Å². The van der Waals surface area contributed by atoms with E-state index in [9.17, 15) is 75.7 Å². The number of carbonyl (C=O) groups excluding carboxylic acids is 2. The van der Waals surface area contributed by atoms with Gasteiger partial charge in [0.15, 0.2) is 12.6 Å². The molecule has 0 aromatic carbocycles. The number of allylic oxidation sites excluding steroid dienone is 3. The Morgan fingerprint density at radius 3 is 1.45 bits per heavy atom. The third kappa shape index (κ3) is 32.9. The molecule has 94 heavy (non-hydrogen) atoms. The fourth-order valence-electron chi connectivity index (χ4n) is 12.8. The normalized spacial score (nSPS) is 28.0. The van der Waals surface area contributed by atoms with Crippen LogP contribution in [0.2, 0.25) is 0 Å². The number of nitrogens with one attached hydrogen (secondary N) is 2. The van der Waals surface area contributed by atoms with Crippen LogP contribution in [0.5, 0.6) is 0 Å². The molecule has 3 heterocycles. The molecule has 0 radical (unpaired) electrons. The lowest BCUT2D eigenvalue weighted by atomic mass is 9.88. The van der Waals surface area contributed by atoms with E-state index in [4.69, 9.17) is 28.4 Å². The summed E-state index contributed by atoms with van der Waals surface area (Å²) in [7, 11) is 0. The van der Waals surface area contributed by atoms with Crippen LogP contribution in [0.4, 0.5) is 0 Å². The third-order valence-corrected chi connectivity index (χ3v) is 18.6. The Kier molecular flexibility index (Phi) is 46.7. The Morgan fingerprint density at radius 1 is 0.553 bits per heavy atom. The average molecular weight is 1350 g/mol. The molecular weight excluding hydrogens is 1220 g/mol. The molecule has 3 aliphatic rings. The maximum atomic E-state index is 13.5. The molecule has 0 spiro atoms. The molecule has 3 rings (SSSR count). The van der Waals surface area contributed by atoms with E-state index in [1.54, 1.807) is 6.08 Å². The average Bonchev–Trinajstić information content (AvgIpc) is 0.760. The van der Waals surface area contributed by atoms with E-state index in [1.165, 1.54) is 180 Å². The Bertz CT molecular complexity index is 1990. The minimum atomic E-state index is -3.08. The van der Waals surface area contributed by atoms with E-state index < -0.39 is 155 Å². The zero-order chi connectivity index (χ0) is 68.9. The van der Waals surface area contributed by atoms with Crippen LogP contribution in [0.1, 0.15) is 271 Å². The Balaban J connectivity index is 1.53. The summed E-state index contributed by atoms with van der Waals surface area (Å²) >= 11 is 0. The molecule has 2 amide bonds. The molecule has 23 nitrogen and oxygen atoms in total. The van der Waals surface area contributed by atoms with Crippen LogP contribution in [0, 0.1) is 0 Å². The van der Waals surface area contributed by atoms with Crippen LogP contribution < -0.4 is 10.6 Å². The highest BCUT2D eigenvalue weighted by atomic mass is 16.8. The van der Waals surface area contributed by atoms with Crippen LogP contribution in [-0.4, -0.2) is 215 Å². The van der Waals surface area contributed by atoms with Crippen molar-refractivity contribution in [3.63, 3.8) is 0 Å². The zero-order valence-electron chi connectivity index (χ0n) is 57.6. The lowest BCUT2D eigenvalue weighted by molar-refractivity contribution is -0.386. The molecule has 3 fully saturated rings. The van der Waals surface area contributed by atoms with E-state index in [-0.39, 0.29) is 12.3 Å². The molecule has 0 aliphatic carbocycles. The van der Waals surface area contributed by atoms with Crippen LogP contribution in [0.25, 0.3) is 0 Å². The lowest BCUT2D eigenvalue weighted by Gasteiger charge is -2.50. The number of carboxylic acids is 1. The van der Waals surface area contributed by atoms with Crippen molar-refractivity contribution in [1.82, 2.24) is 10.6 Å². The minimum Gasteiger partial charge on any atom is -0.477 e. The summed E-state index contributed by atoms with van der Waals surface area (Å²) in [6.07, 6.45) is 23.8. The molecule has 0 bridgehead atoms. The number of aliphatic hydroxyl groups is 11. The molecule has 18 unspecified atom stereocenters. The van der Waals surface area contributed by atoms with Crippen LogP contribution in [0.15, 0.2) is 24.3 Å². The number of hydrogen-bond donors (Lipinski definition) is 14. The van der Waals surface area contributed by atoms with E-state index in [1.807, 2.05) is 6.08 Å². The number of unbranched alkanes of at least 4 members (excludes halogenated alkanes) is 34. The maximum absolute atomic E-state index is 13.5. The van der Waals surface area contributed by atoms with Crippen molar-refractivity contribution < 1.29 is 104 Å². The number of carbonyl (C=O) groups is 3. The van der Waals surface area contributed by atoms with Gasteiger partial charge in [0, 0.05) is 19.8 Å². The first-order valence-corrected chi connectivity index (χ1v) is 36.7. The number of hydrogen-bond acceptors (Lipinski definition) is 20. The fraction of sp³-hybridized carbons (Fsp3) is 0.901. The maximum Gasteiger partial charge on any atom is 0.364 e. The SMILES string of the molecule is CCCCCCCCCCCCC/C=C/C(O)C(COC1OC(CO)C(OC2OC(CO)C(O)C(OC3(C(=O)O)CC(O)C(NC(C)=O)C(C(O)C(O)CO)O3)C2O)C(O)C1O)NC(=O)CCCCCCCCCCCCC/C=C\CCCCCCCCCCCCCC. The van der Waals surface area contributed by atoms with Crippen LogP contribution in [0.3, 0.4) is 0 Å². The molecule has 0 saturated carbocycles. The Morgan fingerprint density at radius 2 is 1.00 bits per heavy atom. The number of amides is 2. The van der Waals surface area contributed by atoms with Gasteiger partial charge in [0.1, 0.15) is 67.1 Å². The highest BCUT2D eigenvalue weighted by Gasteiger charge is 2.60. The molecule has 550 valence electrons. The second kappa shape index (κ2) is 51.4. The van der Waals surface area contributed by atoms with Gasteiger partial charge in [-0.1, -0.05) is 231 Å². The molecule has 0 aromatic rings. The van der Waals surface area contributed by atoms with Gasteiger partial charge in [0.05, 0.1) is 50.7 Å². The molecule has 3 aliphatic heterocycles. The van der Waals surface area contributed by atoms with Crippen LogP contribution >= 0.6 is 0 Å². The number of carboxylic acid groups (broad SMARTS) is 1. The van der Waals surface area contributed by atoms with Crippen molar-refractivity contribution in [2.45, 2.75) is 381 Å². The van der Waals surface area contributed by atoms with Gasteiger partial charge in [-0.3, -0.25) is 9.59 Å². The van der Waals surface area contributed by atoms with Crippen molar-refractivity contribution in [2.75, 3.05) is 26.4 Å². The molecule has 23 heteroatoms.